The molecular weight excluding hydrogens is 376 g/mol. The number of amides is 1. The number of carbonyl (C=O) groups excluding carboxylic acids is 1. The lowest BCUT2D eigenvalue weighted by Crippen LogP contribution is -2.52. The molecule has 1 saturated carbocycles. The molecule has 0 aromatic heterocycles. The Morgan fingerprint density at radius 1 is 1.13 bits per heavy atom. The molecule has 1 heterocycles. The Morgan fingerprint density at radius 2 is 1.73 bits per heavy atom. The predicted molar refractivity (Wildman–Crippen MR) is 122 cm³/mol. The normalized spacial score (nSPS) is 21.1. The van der Waals surface area contributed by atoms with Crippen LogP contribution >= 0.6 is 0 Å². The van der Waals surface area contributed by atoms with Crippen molar-refractivity contribution in [1.82, 2.24) is 9.80 Å². The van der Waals surface area contributed by atoms with E-state index in [1.807, 2.05) is 26.8 Å². The zero-order chi connectivity index (χ0) is 21.8. The van der Waals surface area contributed by atoms with Crippen molar-refractivity contribution in [2.45, 2.75) is 70.0 Å². The van der Waals surface area contributed by atoms with Crippen molar-refractivity contribution in [3.05, 3.63) is 42.0 Å². The summed E-state index contributed by atoms with van der Waals surface area (Å²) in [5.74, 6) is 0.0738. The van der Waals surface area contributed by atoms with Crippen LogP contribution in [0.15, 0.2) is 30.8 Å². The molecule has 1 unspecified atom stereocenters. The number of rotatable bonds is 5. The zero-order valence-electron chi connectivity index (χ0n) is 18.9. The molecule has 1 amide bonds. The molecule has 30 heavy (non-hydrogen) atoms. The van der Waals surface area contributed by atoms with Gasteiger partial charge in [0, 0.05) is 38.6 Å². The second-order valence-corrected chi connectivity index (χ2v) is 9.86. The highest BCUT2D eigenvalue weighted by molar-refractivity contribution is 5.68. The Morgan fingerprint density at radius 3 is 2.27 bits per heavy atom. The van der Waals surface area contributed by atoms with E-state index in [1.165, 1.54) is 12.0 Å². The summed E-state index contributed by atoms with van der Waals surface area (Å²) in [6.45, 7) is 13.3. The highest BCUT2D eigenvalue weighted by Crippen LogP contribution is 2.40. The minimum Gasteiger partial charge on any atom is -0.444 e. The van der Waals surface area contributed by atoms with Crippen molar-refractivity contribution >= 4 is 12.2 Å². The van der Waals surface area contributed by atoms with Gasteiger partial charge in [-0.05, 0) is 44.7 Å². The molecule has 2 aliphatic rings. The van der Waals surface area contributed by atoms with Crippen molar-refractivity contribution in [2.75, 3.05) is 32.7 Å². The summed E-state index contributed by atoms with van der Waals surface area (Å²) in [7, 11) is 0. The van der Waals surface area contributed by atoms with Crippen LogP contribution in [0.5, 0.6) is 0 Å². The van der Waals surface area contributed by atoms with Gasteiger partial charge in [-0.1, -0.05) is 56.2 Å². The van der Waals surface area contributed by atoms with Crippen molar-refractivity contribution in [2.24, 2.45) is 0 Å². The van der Waals surface area contributed by atoms with Crippen molar-refractivity contribution in [3.8, 4) is 0 Å². The number of hydrogen-bond donors (Lipinski definition) is 1. The monoisotopic (exact) mass is 414 g/mol. The third-order valence-electron chi connectivity index (χ3n) is 6.41. The third-order valence-corrected chi connectivity index (χ3v) is 6.41. The number of carbonyl (C=O) groups is 1. The Kier molecular flexibility index (Phi) is 7.25. The first kappa shape index (κ1) is 22.8. The molecule has 1 saturated heterocycles. The molecule has 5 nitrogen and oxygen atoms in total. The molecule has 5 heteroatoms. The molecule has 1 aromatic rings. The van der Waals surface area contributed by atoms with Crippen LogP contribution in [-0.4, -0.2) is 64.9 Å². The second kappa shape index (κ2) is 9.52. The van der Waals surface area contributed by atoms with E-state index in [2.05, 4.69) is 35.7 Å². The van der Waals surface area contributed by atoms with E-state index < -0.39 is 11.2 Å². The maximum atomic E-state index is 12.4. The first-order valence-corrected chi connectivity index (χ1v) is 11.4. The van der Waals surface area contributed by atoms with Crippen LogP contribution in [0, 0.1) is 0 Å². The van der Waals surface area contributed by atoms with E-state index in [1.54, 1.807) is 4.90 Å². The highest BCUT2D eigenvalue weighted by atomic mass is 16.6. The summed E-state index contributed by atoms with van der Waals surface area (Å²) < 4.78 is 5.52. The van der Waals surface area contributed by atoms with Crippen LogP contribution in [0.25, 0.3) is 6.08 Å². The summed E-state index contributed by atoms with van der Waals surface area (Å²) >= 11 is 0. The summed E-state index contributed by atoms with van der Waals surface area (Å²) in [4.78, 5) is 16.5. The summed E-state index contributed by atoms with van der Waals surface area (Å²) in [6.07, 6.45) is 6.72. The smallest absolute Gasteiger partial charge is 0.410 e. The molecule has 1 aliphatic carbocycles. The van der Waals surface area contributed by atoms with Crippen LogP contribution < -0.4 is 0 Å². The highest BCUT2D eigenvalue weighted by Gasteiger charge is 2.40. The topological polar surface area (TPSA) is 53.0 Å². The van der Waals surface area contributed by atoms with E-state index in [4.69, 9.17) is 4.74 Å². The molecule has 2 fully saturated rings. The van der Waals surface area contributed by atoms with Crippen LogP contribution in [0.3, 0.4) is 0 Å². The maximum absolute atomic E-state index is 12.4. The SMILES string of the molecule is C=Cc1ccc(C(CN2CCN(C(=O)OC(C)(C)C)CC2)C2(O)CCCCC2)cc1. The van der Waals surface area contributed by atoms with Gasteiger partial charge >= 0.3 is 6.09 Å². The molecule has 3 rings (SSSR count). The second-order valence-electron chi connectivity index (χ2n) is 9.86. The molecule has 1 N–H and O–H groups in total. The fraction of sp³-hybridized carbons (Fsp3) is 0.640. The van der Waals surface area contributed by atoms with Crippen LogP contribution in [0.2, 0.25) is 0 Å². The number of hydrogen-bond acceptors (Lipinski definition) is 4. The van der Waals surface area contributed by atoms with Gasteiger partial charge in [-0.3, -0.25) is 4.90 Å². The molecule has 0 spiro atoms. The van der Waals surface area contributed by atoms with Crippen LogP contribution in [0.4, 0.5) is 4.79 Å². The fourth-order valence-corrected chi connectivity index (χ4v) is 4.66. The zero-order valence-corrected chi connectivity index (χ0v) is 18.9. The minimum absolute atomic E-state index is 0.0738. The molecule has 1 aromatic carbocycles. The number of ether oxygens (including phenoxy) is 1. The average molecular weight is 415 g/mol. The van der Waals surface area contributed by atoms with Crippen LogP contribution in [-0.2, 0) is 4.74 Å². The van der Waals surface area contributed by atoms with Gasteiger partial charge in [-0.2, -0.15) is 0 Å². The van der Waals surface area contributed by atoms with Gasteiger partial charge in [0.2, 0.25) is 0 Å². The standard InChI is InChI=1S/C25H38N2O3/c1-5-20-9-11-21(12-10-20)22(25(29)13-7-6-8-14-25)19-26-15-17-27(18-16-26)23(28)30-24(2,3)4/h5,9-12,22,29H,1,6-8,13-19H2,2-4H3. The summed E-state index contributed by atoms with van der Waals surface area (Å²) in [6, 6.07) is 8.46. The van der Waals surface area contributed by atoms with Crippen molar-refractivity contribution in [3.63, 3.8) is 0 Å². The lowest BCUT2D eigenvalue weighted by atomic mass is 9.72. The Hall–Kier alpha value is -1.85. The Bertz CT molecular complexity index is 709. The molecule has 0 radical (unpaired) electrons. The van der Waals surface area contributed by atoms with Gasteiger partial charge in [0.1, 0.15) is 5.60 Å². The molecular formula is C25H38N2O3. The van der Waals surface area contributed by atoms with Gasteiger partial charge in [0.15, 0.2) is 0 Å². The quantitative estimate of drug-likeness (QED) is 0.761. The first-order chi connectivity index (χ1) is 14.2. The predicted octanol–water partition coefficient (Wildman–Crippen LogP) is 4.66. The maximum Gasteiger partial charge on any atom is 0.410 e. The Balaban J connectivity index is 1.68. The van der Waals surface area contributed by atoms with Gasteiger partial charge in [-0.15, -0.1) is 0 Å². The minimum atomic E-state index is -0.657. The molecule has 1 atom stereocenters. The molecule has 166 valence electrons. The first-order valence-electron chi connectivity index (χ1n) is 11.4. The Labute approximate surface area is 181 Å². The number of benzene rings is 1. The number of aliphatic hydroxyl groups is 1. The van der Waals surface area contributed by atoms with E-state index in [0.29, 0.717) is 13.1 Å². The summed E-state index contributed by atoms with van der Waals surface area (Å²) in [5, 5.41) is 11.6. The summed E-state index contributed by atoms with van der Waals surface area (Å²) in [5.41, 5.74) is 1.16. The number of nitrogens with zero attached hydrogens (tertiary/aromatic N) is 2. The average Bonchev–Trinajstić information content (AvgIpc) is 2.72. The van der Waals surface area contributed by atoms with Gasteiger partial charge in [-0.25, -0.2) is 4.79 Å². The van der Waals surface area contributed by atoms with Crippen molar-refractivity contribution in [1.29, 1.82) is 0 Å². The molecule has 1 aliphatic heterocycles. The van der Waals surface area contributed by atoms with E-state index in [9.17, 15) is 9.90 Å². The van der Waals surface area contributed by atoms with E-state index in [-0.39, 0.29) is 12.0 Å². The van der Waals surface area contributed by atoms with Gasteiger partial charge in [0.05, 0.1) is 5.60 Å². The molecule has 0 bridgehead atoms. The van der Waals surface area contributed by atoms with Crippen molar-refractivity contribution < 1.29 is 14.6 Å². The van der Waals surface area contributed by atoms with Gasteiger partial charge in [0.25, 0.3) is 0 Å². The largest absolute Gasteiger partial charge is 0.444 e. The fourth-order valence-electron chi connectivity index (χ4n) is 4.66. The van der Waals surface area contributed by atoms with E-state index >= 15 is 0 Å². The number of piperazine rings is 1. The van der Waals surface area contributed by atoms with Crippen LogP contribution in [0.1, 0.15) is 69.9 Å². The van der Waals surface area contributed by atoms with Gasteiger partial charge < -0.3 is 14.7 Å². The van der Waals surface area contributed by atoms with E-state index in [0.717, 1.165) is 50.9 Å². The third kappa shape index (κ3) is 5.86. The lowest BCUT2D eigenvalue weighted by molar-refractivity contribution is -0.0357. The lowest BCUT2D eigenvalue weighted by Gasteiger charge is -2.43.